The Morgan fingerprint density at radius 1 is 1.10 bits per heavy atom. The van der Waals surface area contributed by atoms with E-state index in [9.17, 15) is 5.11 Å². The Morgan fingerprint density at radius 2 is 1.90 bits per heavy atom. The zero-order valence-corrected chi connectivity index (χ0v) is 11.8. The molecular weight excluding hydrogens is 254 g/mol. The molecule has 2 N–H and O–H groups in total. The molecular formula is C16H23NO3. The zero-order chi connectivity index (χ0) is 13.8. The quantitative estimate of drug-likeness (QED) is 0.885. The average Bonchev–Trinajstić information content (AvgIpc) is 2.49. The Bertz CT molecular complexity index is 441. The second-order valence-electron chi connectivity index (χ2n) is 5.75. The van der Waals surface area contributed by atoms with Crippen molar-refractivity contribution in [3.8, 4) is 11.5 Å². The number of hydrogen-bond donors (Lipinski definition) is 2. The number of nitrogens with one attached hydrogen (secondary N) is 1. The van der Waals surface area contributed by atoms with Gasteiger partial charge in [0.15, 0.2) is 11.5 Å². The summed E-state index contributed by atoms with van der Waals surface area (Å²) in [4.78, 5) is 0. The molecule has 4 nitrogen and oxygen atoms in total. The number of aliphatic hydroxyl groups is 1. The van der Waals surface area contributed by atoms with Crippen molar-refractivity contribution in [1.82, 2.24) is 5.32 Å². The van der Waals surface area contributed by atoms with Crippen molar-refractivity contribution >= 4 is 0 Å². The van der Waals surface area contributed by atoms with Gasteiger partial charge in [-0.25, -0.2) is 0 Å². The van der Waals surface area contributed by atoms with Crippen LogP contribution in [0.4, 0.5) is 0 Å². The summed E-state index contributed by atoms with van der Waals surface area (Å²) in [5.74, 6) is 2.44. The highest BCUT2D eigenvalue weighted by Crippen LogP contribution is 2.33. The van der Waals surface area contributed by atoms with Crippen LogP contribution >= 0.6 is 0 Å². The van der Waals surface area contributed by atoms with Crippen LogP contribution in [0.15, 0.2) is 18.2 Å². The van der Waals surface area contributed by atoms with Crippen LogP contribution in [0.1, 0.15) is 31.2 Å². The van der Waals surface area contributed by atoms with Gasteiger partial charge in [-0.15, -0.1) is 0 Å². The van der Waals surface area contributed by atoms with Crippen LogP contribution in [0.5, 0.6) is 11.5 Å². The second kappa shape index (κ2) is 6.46. The van der Waals surface area contributed by atoms with Gasteiger partial charge in [-0.1, -0.05) is 12.1 Å². The van der Waals surface area contributed by atoms with Gasteiger partial charge in [0.05, 0.1) is 6.10 Å². The lowest BCUT2D eigenvalue weighted by molar-refractivity contribution is 0.108. The molecule has 1 fully saturated rings. The van der Waals surface area contributed by atoms with E-state index in [2.05, 4.69) is 11.4 Å². The predicted molar refractivity (Wildman–Crippen MR) is 77.1 cm³/mol. The third-order valence-corrected chi connectivity index (χ3v) is 4.21. The highest BCUT2D eigenvalue weighted by atomic mass is 16.6. The monoisotopic (exact) mass is 277 g/mol. The SMILES string of the molecule is OC1CCC(CNCc2cccc3c2OCCO3)CC1. The van der Waals surface area contributed by atoms with E-state index in [0.717, 1.165) is 55.8 Å². The molecule has 0 amide bonds. The summed E-state index contributed by atoms with van der Waals surface area (Å²) in [6.45, 7) is 3.08. The number of hydrogen-bond acceptors (Lipinski definition) is 4. The van der Waals surface area contributed by atoms with E-state index in [1.807, 2.05) is 12.1 Å². The molecule has 3 rings (SSSR count). The fourth-order valence-corrected chi connectivity index (χ4v) is 3.03. The van der Waals surface area contributed by atoms with Gasteiger partial charge in [-0.05, 0) is 44.2 Å². The van der Waals surface area contributed by atoms with Crippen LogP contribution in [-0.4, -0.2) is 31.0 Å². The first-order valence-corrected chi connectivity index (χ1v) is 7.59. The number of ether oxygens (including phenoxy) is 2. The Labute approximate surface area is 120 Å². The van der Waals surface area contributed by atoms with E-state index >= 15 is 0 Å². The minimum Gasteiger partial charge on any atom is -0.486 e. The number of rotatable bonds is 4. The molecule has 1 saturated carbocycles. The Kier molecular flexibility index (Phi) is 4.43. The zero-order valence-electron chi connectivity index (χ0n) is 11.8. The molecule has 1 aliphatic carbocycles. The van der Waals surface area contributed by atoms with Crippen LogP contribution in [-0.2, 0) is 6.54 Å². The third-order valence-electron chi connectivity index (χ3n) is 4.21. The van der Waals surface area contributed by atoms with E-state index in [4.69, 9.17) is 9.47 Å². The van der Waals surface area contributed by atoms with Gasteiger partial charge < -0.3 is 19.9 Å². The number of para-hydroxylation sites is 1. The molecule has 0 atom stereocenters. The van der Waals surface area contributed by atoms with Gasteiger partial charge in [0, 0.05) is 12.1 Å². The predicted octanol–water partition coefficient (Wildman–Crippen LogP) is 2.10. The van der Waals surface area contributed by atoms with Crippen molar-refractivity contribution in [3.05, 3.63) is 23.8 Å². The van der Waals surface area contributed by atoms with Gasteiger partial charge in [-0.2, -0.15) is 0 Å². The second-order valence-corrected chi connectivity index (χ2v) is 5.75. The maximum absolute atomic E-state index is 9.51. The van der Waals surface area contributed by atoms with Gasteiger partial charge in [-0.3, -0.25) is 0 Å². The van der Waals surface area contributed by atoms with E-state index in [1.54, 1.807) is 0 Å². The summed E-state index contributed by atoms with van der Waals surface area (Å²) in [5.41, 5.74) is 1.16. The van der Waals surface area contributed by atoms with Crippen LogP contribution in [0.2, 0.25) is 0 Å². The number of aliphatic hydroxyl groups excluding tert-OH is 1. The first-order chi connectivity index (χ1) is 9.83. The van der Waals surface area contributed by atoms with Crippen molar-refractivity contribution in [2.24, 2.45) is 5.92 Å². The smallest absolute Gasteiger partial charge is 0.165 e. The summed E-state index contributed by atoms with van der Waals surface area (Å²) < 4.78 is 11.3. The number of benzene rings is 1. The van der Waals surface area contributed by atoms with E-state index in [-0.39, 0.29) is 6.10 Å². The summed E-state index contributed by atoms with van der Waals surface area (Å²) in [6.07, 6.45) is 4.08. The van der Waals surface area contributed by atoms with E-state index in [0.29, 0.717) is 19.1 Å². The van der Waals surface area contributed by atoms with E-state index in [1.165, 1.54) is 0 Å². The molecule has 20 heavy (non-hydrogen) atoms. The number of fused-ring (bicyclic) bond motifs is 1. The van der Waals surface area contributed by atoms with Crippen LogP contribution < -0.4 is 14.8 Å². The largest absolute Gasteiger partial charge is 0.486 e. The first-order valence-electron chi connectivity index (χ1n) is 7.59. The summed E-state index contributed by atoms with van der Waals surface area (Å²) >= 11 is 0. The lowest BCUT2D eigenvalue weighted by atomic mass is 9.87. The molecule has 0 bridgehead atoms. The summed E-state index contributed by atoms with van der Waals surface area (Å²) in [6, 6.07) is 6.06. The summed E-state index contributed by atoms with van der Waals surface area (Å²) in [5, 5.41) is 13.0. The molecule has 1 heterocycles. The Balaban J connectivity index is 1.51. The molecule has 4 heteroatoms. The topological polar surface area (TPSA) is 50.7 Å². The third kappa shape index (κ3) is 3.25. The van der Waals surface area contributed by atoms with Crippen LogP contribution in [0, 0.1) is 5.92 Å². The average molecular weight is 277 g/mol. The van der Waals surface area contributed by atoms with Crippen molar-refractivity contribution in [3.63, 3.8) is 0 Å². The van der Waals surface area contributed by atoms with Crippen molar-refractivity contribution in [2.45, 2.75) is 38.3 Å². The highest BCUT2D eigenvalue weighted by Gasteiger charge is 2.19. The molecule has 110 valence electrons. The Morgan fingerprint density at radius 3 is 2.75 bits per heavy atom. The minimum absolute atomic E-state index is 0.0714. The molecule has 0 saturated heterocycles. The van der Waals surface area contributed by atoms with E-state index < -0.39 is 0 Å². The van der Waals surface area contributed by atoms with Gasteiger partial charge in [0.25, 0.3) is 0 Å². The van der Waals surface area contributed by atoms with Crippen molar-refractivity contribution in [2.75, 3.05) is 19.8 Å². The van der Waals surface area contributed by atoms with Crippen molar-refractivity contribution in [1.29, 1.82) is 0 Å². The first kappa shape index (κ1) is 13.7. The summed E-state index contributed by atoms with van der Waals surface area (Å²) in [7, 11) is 0. The van der Waals surface area contributed by atoms with Gasteiger partial charge >= 0.3 is 0 Å². The molecule has 1 aliphatic heterocycles. The lowest BCUT2D eigenvalue weighted by Gasteiger charge is -2.26. The normalized spacial score (nSPS) is 25.4. The maximum Gasteiger partial charge on any atom is 0.165 e. The molecule has 0 aromatic heterocycles. The fourth-order valence-electron chi connectivity index (χ4n) is 3.03. The van der Waals surface area contributed by atoms with Crippen LogP contribution in [0.3, 0.4) is 0 Å². The maximum atomic E-state index is 9.51. The standard InChI is InChI=1S/C16H23NO3/c18-14-6-4-12(5-7-14)10-17-11-13-2-1-3-15-16(13)20-9-8-19-15/h1-3,12,14,17-18H,4-11H2. The minimum atomic E-state index is -0.0714. The molecule has 0 radical (unpaired) electrons. The fraction of sp³-hybridized carbons (Fsp3) is 0.625. The molecule has 0 spiro atoms. The van der Waals surface area contributed by atoms with Gasteiger partial charge in [0.1, 0.15) is 13.2 Å². The molecule has 1 aromatic rings. The van der Waals surface area contributed by atoms with Gasteiger partial charge in [0.2, 0.25) is 0 Å². The molecule has 0 unspecified atom stereocenters. The van der Waals surface area contributed by atoms with Crippen molar-refractivity contribution < 1.29 is 14.6 Å². The van der Waals surface area contributed by atoms with Crippen LogP contribution in [0.25, 0.3) is 0 Å². The highest BCUT2D eigenvalue weighted by molar-refractivity contribution is 5.47. The molecule has 2 aliphatic rings. The molecule has 1 aromatic carbocycles. The lowest BCUT2D eigenvalue weighted by Crippen LogP contribution is -2.28. The Hall–Kier alpha value is -1.26.